The standard InChI is InChI=1S/C16H12FN3O3S/c17-11-3-1-10(2-4-11)16(14(22)18-15(23)19-16)8-20-7-9-5-6-24-12(9)13(20)21/h1-6H,7-8H2,(H2,18,19,22,23). The van der Waals surface area contributed by atoms with Gasteiger partial charge in [0, 0.05) is 6.54 Å². The Labute approximate surface area is 140 Å². The first-order chi connectivity index (χ1) is 11.5. The lowest BCUT2D eigenvalue weighted by atomic mass is 9.89. The van der Waals surface area contributed by atoms with E-state index in [-0.39, 0.29) is 12.5 Å². The van der Waals surface area contributed by atoms with Gasteiger partial charge in [-0.1, -0.05) is 12.1 Å². The van der Waals surface area contributed by atoms with Crippen molar-refractivity contribution in [2.75, 3.05) is 6.54 Å². The van der Waals surface area contributed by atoms with Crippen LogP contribution in [0.4, 0.5) is 9.18 Å². The monoisotopic (exact) mass is 345 g/mol. The average Bonchev–Trinajstić information content (AvgIpc) is 3.18. The second-order valence-corrected chi connectivity index (χ2v) is 6.67. The van der Waals surface area contributed by atoms with E-state index in [0.717, 1.165) is 5.56 Å². The number of rotatable bonds is 3. The van der Waals surface area contributed by atoms with Crippen molar-refractivity contribution >= 4 is 29.2 Å². The molecule has 0 aliphatic carbocycles. The lowest BCUT2D eigenvalue weighted by Gasteiger charge is -2.31. The lowest BCUT2D eigenvalue weighted by molar-refractivity contribution is -0.124. The van der Waals surface area contributed by atoms with Crippen molar-refractivity contribution in [1.82, 2.24) is 15.5 Å². The molecule has 0 radical (unpaired) electrons. The van der Waals surface area contributed by atoms with Crippen LogP contribution in [0.3, 0.4) is 0 Å². The molecule has 0 spiro atoms. The molecule has 4 rings (SSSR count). The maximum atomic E-state index is 13.2. The summed E-state index contributed by atoms with van der Waals surface area (Å²) in [4.78, 5) is 38.9. The van der Waals surface area contributed by atoms with E-state index in [4.69, 9.17) is 0 Å². The first kappa shape index (κ1) is 14.8. The van der Waals surface area contributed by atoms with Gasteiger partial charge in [0.1, 0.15) is 5.82 Å². The number of hydrogen-bond acceptors (Lipinski definition) is 4. The van der Waals surface area contributed by atoms with Crippen molar-refractivity contribution in [3.63, 3.8) is 0 Å². The fourth-order valence-corrected chi connectivity index (χ4v) is 4.00. The number of thiophene rings is 1. The van der Waals surface area contributed by atoms with Crippen LogP contribution in [0.1, 0.15) is 20.8 Å². The molecule has 1 atom stereocenters. The molecule has 6 nitrogen and oxygen atoms in total. The van der Waals surface area contributed by atoms with Crippen molar-refractivity contribution in [1.29, 1.82) is 0 Å². The van der Waals surface area contributed by atoms with E-state index in [0.29, 0.717) is 17.0 Å². The molecule has 24 heavy (non-hydrogen) atoms. The van der Waals surface area contributed by atoms with Crippen molar-refractivity contribution in [2.24, 2.45) is 0 Å². The third kappa shape index (κ3) is 2.10. The van der Waals surface area contributed by atoms with E-state index < -0.39 is 23.3 Å². The van der Waals surface area contributed by atoms with Gasteiger partial charge in [0.2, 0.25) is 0 Å². The van der Waals surface area contributed by atoms with Crippen LogP contribution in [0, 0.1) is 5.82 Å². The number of amides is 4. The maximum Gasteiger partial charge on any atom is 0.322 e. The van der Waals surface area contributed by atoms with Crippen molar-refractivity contribution in [2.45, 2.75) is 12.1 Å². The van der Waals surface area contributed by atoms with Crippen LogP contribution in [0.25, 0.3) is 0 Å². The van der Waals surface area contributed by atoms with Crippen LogP contribution < -0.4 is 10.6 Å². The minimum Gasteiger partial charge on any atom is -0.330 e. The topological polar surface area (TPSA) is 78.5 Å². The van der Waals surface area contributed by atoms with Crippen LogP contribution in [0.5, 0.6) is 0 Å². The normalized spacial score (nSPS) is 22.5. The van der Waals surface area contributed by atoms with Gasteiger partial charge >= 0.3 is 6.03 Å². The molecule has 2 aliphatic rings. The van der Waals surface area contributed by atoms with Crippen LogP contribution in [-0.4, -0.2) is 29.3 Å². The fraction of sp³-hybridized carbons (Fsp3) is 0.188. The van der Waals surface area contributed by atoms with Gasteiger partial charge in [0.05, 0.1) is 11.4 Å². The molecule has 2 aromatic rings. The Bertz CT molecular complexity index is 864. The minimum absolute atomic E-state index is 0.0174. The molecule has 122 valence electrons. The molecule has 1 aromatic carbocycles. The molecule has 1 saturated heterocycles. The number of nitrogens with one attached hydrogen (secondary N) is 2. The number of carbonyl (C=O) groups excluding carboxylic acids is 3. The zero-order chi connectivity index (χ0) is 16.9. The summed E-state index contributed by atoms with van der Waals surface area (Å²) in [6.07, 6.45) is 0. The molecular weight excluding hydrogens is 333 g/mol. The molecule has 3 heterocycles. The maximum absolute atomic E-state index is 13.2. The van der Waals surface area contributed by atoms with Gasteiger partial charge in [-0.3, -0.25) is 14.9 Å². The summed E-state index contributed by atoms with van der Waals surface area (Å²) >= 11 is 1.35. The Morgan fingerprint density at radius 2 is 1.92 bits per heavy atom. The first-order valence-corrected chi connectivity index (χ1v) is 8.13. The SMILES string of the molecule is O=C1NC(=O)C(CN2Cc3ccsc3C2=O)(c2ccc(F)cc2)N1. The van der Waals surface area contributed by atoms with Crippen molar-refractivity contribution in [3.8, 4) is 0 Å². The molecule has 8 heteroatoms. The number of fused-ring (bicyclic) bond motifs is 1. The lowest BCUT2D eigenvalue weighted by Crippen LogP contribution is -2.52. The summed E-state index contributed by atoms with van der Waals surface area (Å²) in [5.74, 6) is -1.17. The molecule has 2 aliphatic heterocycles. The number of urea groups is 1. The van der Waals surface area contributed by atoms with Gasteiger partial charge in [-0.2, -0.15) is 0 Å². The molecule has 4 amide bonds. The molecule has 1 fully saturated rings. The zero-order valence-electron chi connectivity index (χ0n) is 12.3. The summed E-state index contributed by atoms with van der Waals surface area (Å²) < 4.78 is 13.2. The number of halogens is 1. The summed E-state index contributed by atoms with van der Waals surface area (Å²) in [5, 5.41) is 6.66. The molecule has 0 saturated carbocycles. The highest BCUT2D eigenvalue weighted by molar-refractivity contribution is 7.12. The third-order valence-electron chi connectivity index (χ3n) is 4.30. The first-order valence-electron chi connectivity index (χ1n) is 7.25. The largest absolute Gasteiger partial charge is 0.330 e. The molecular formula is C16H12FN3O3S. The van der Waals surface area contributed by atoms with Gasteiger partial charge in [-0.05, 0) is 34.7 Å². The predicted octanol–water partition coefficient (Wildman–Crippen LogP) is 1.58. The van der Waals surface area contributed by atoms with Gasteiger partial charge in [-0.15, -0.1) is 11.3 Å². The van der Waals surface area contributed by atoms with Gasteiger partial charge in [-0.25, -0.2) is 9.18 Å². The number of nitrogens with zero attached hydrogens (tertiary/aromatic N) is 1. The second-order valence-electron chi connectivity index (χ2n) is 5.76. The summed E-state index contributed by atoms with van der Waals surface area (Å²) in [5.41, 5.74) is -0.0894. The molecule has 2 N–H and O–H groups in total. The Balaban J connectivity index is 1.71. The van der Waals surface area contributed by atoms with E-state index in [1.54, 1.807) is 0 Å². The number of benzene rings is 1. The van der Waals surface area contributed by atoms with Crippen LogP contribution in [0.15, 0.2) is 35.7 Å². The summed E-state index contributed by atoms with van der Waals surface area (Å²) in [6.45, 7) is 0.361. The van der Waals surface area contributed by atoms with Gasteiger partial charge < -0.3 is 10.2 Å². The quantitative estimate of drug-likeness (QED) is 0.829. The average molecular weight is 345 g/mol. The minimum atomic E-state index is -1.42. The smallest absolute Gasteiger partial charge is 0.322 e. The van der Waals surface area contributed by atoms with E-state index >= 15 is 0 Å². The Morgan fingerprint density at radius 3 is 2.54 bits per heavy atom. The Kier molecular flexibility index (Phi) is 3.17. The van der Waals surface area contributed by atoms with Crippen molar-refractivity contribution in [3.05, 3.63) is 57.5 Å². The summed E-state index contributed by atoms with van der Waals surface area (Å²) in [6, 6.07) is 6.56. The fourth-order valence-electron chi connectivity index (χ4n) is 3.11. The number of hydrogen-bond donors (Lipinski definition) is 2. The van der Waals surface area contributed by atoms with E-state index in [1.807, 2.05) is 11.4 Å². The van der Waals surface area contributed by atoms with Gasteiger partial charge in [0.15, 0.2) is 5.54 Å². The predicted molar refractivity (Wildman–Crippen MR) is 83.8 cm³/mol. The van der Waals surface area contributed by atoms with Gasteiger partial charge in [0.25, 0.3) is 11.8 Å². The summed E-state index contributed by atoms with van der Waals surface area (Å²) in [7, 11) is 0. The van der Waals surface area contributed by atoms with E-state index in [9.17, 15) is 18.8 Å². The molecule has 1 aromatic heterocycles. The Hall–Kier alpha value is -2.74. The van der Waals surface area contributed by atoms with Crippen LogP contribution >= 0.6 is 11.3 Å². The van der Waals surface area contributed by atoms with Crippen LogP contribution in [-0.2, 0) is 16.9 Å². The highest BCUT2D eigenvalue weighted by atomic mass is 32.1. The highest BCUT2D eigenvalue weighted by Crippen LogP contribution is 2.32. The zero-order valence-corrected chi connectivity index (χ0v) is 13.2. The number of imide groups is 1. The third-order valence-corrected chi connectivity index (χ3v) is 5.24. The Morgan fingerprint density at radius 1 is 1.17 bits per heavy atom. The second kappa shape index (κ2) is 5.13. The van der Waals surface area contributed by atoms with Crippen molar-refractivity contribution < 1.29 is 18.8 Å². The molecule has 0 bridgehead atoms. The number of carbonyl (C=O) groups is 3. The van der Waals surface area contributed by atoms with Crippen LogP contribution in [0.2, 0.25) is 0 Å². The van der Waals surface area contributed by atoms with E-state index in [2.05, 4.69) is 10.6 Å². The van der Waals surface area contributed by atoms with E-state index in [1.165, 1.54) is 40.5 Å². The highest BCUT2D eigenvalue weighted by Gasteiger charge is 2.50. The molecule has 1 unspecified atom stereocenters.